The van der Waals surface area contributed by atoms with E-state index in [1.54, 1.807) is 17.0 Å². The second kappa shape index (κ2) is 6.59. The van der Waals surface area contributed by atoms with Crippen LogP contribution in [0.4, 0.5) is 17.2 Å². The van der Waals surface area contributed by atoms with Gasteiger partial charge in [-0.3, -0.25) is 4.79 Å². The van der Waals surface area contributed by atoms with Crippen molar-refractivity contribution in [2.45, 2.75) is 20.3 Å². The van der Waals surface area contributed by atoms with E-state index in [0.29, 0.717) is 18.1 Å². The number of amides is 1. The number of anilines is 3. The molecule has 0 radical (unpaired) electrons. The van der Waals surface area contributed by atoms with Crippen LogP contribution in [-0.2, 0) is 6.42 Å². The predicted octanol–water partition coefficient (Wildman–Crippen LogP) is 4.04. The van der Waals surface area contributed by atoms with Crippen molar-refractivity contribution < 1.29 is 4.79 Å². The zero-order valence-corrected chi connectivity index (χ0v) is 14.9. The molecule has 1 aromatic heterocycles. The molecule has 0 saturated heterocycles. The molecule has 0 spiro atoms. The molecule has 5 heteroatoms. The number of nitrogens with zero attached hydrogens (tertiary/aromatic N) is 3. The second-order valence-corrected chi connectivity index (χ2v) is 6.64. The third kappa shape index (κ3) is 3.16. The van der Waals surface area contributed by atoms with Crippen molar-refractivity contribution in [3.05, 3.63) is 77.0 Å². The fourth-order valence-electron chi connectivity index (χ4n) is 3.40. The van der Waals surface area contributed by atoms with Crippen molar-refractivity contribution in [3.8, 4) is 0 Å². The molecule has 0 saturated carbocycles. The Balaban J connectivity index is 1.52. The van der Waals surface area contributed by atoms with Gasteiger partial charge in [-0.05, 0) is 67.3 Å². The summed E-state index contributed by atoms with van der Waals surface area (Å²) >= 11 is 0. The lowest BCUT2D eigenvalue weighted by Crippen LogP contribution is -2.29. The molecule has 1 N–H and O–H groups in total. The number of para-hydroxylation sites is 1. The summed E-state index contributed by atoms with van der Waals surface area (Å²) in [5.74, 6) is 0.508. The van der Waals surface area contributed by atoms with Crippen molar-refractivity contribution in [1.82, 2.24) is 10.2 Å². The van der Waals surface area contributed by atoms with Crippen molar-refractivity contribution in [2.75, 3.05) is 16.8 Å². The lowest BCUT2D eigenvalue weighted by atomic mass is 10.1. The molecule has 1 aliphatic rings. The topological polar surface area (TPSA) is 58.1 Å². The van der Waals surface area contributed by atoms with E-state index in [9.17, 15) is 4.79 Å². The van der Waals surface area contributed by atoms with Crippen LogP contribution in [-0.4, -0.2) is 22.6 Å². The summed E-state index contributed by atoms with van der Waals surface area (Å²) < 4.78 is 0. The van der Waals surface area contributed by atoms with Gasteiger partial charge in [0, 0.05) is 17.9 Å². The maximum absolute atomic E-state index is 12.8. The molecule has 3 aromatic rings. The third-order valence-corrected chi connectivity index (χ3v) is 4.51. The Hall–Kier alpha value is -3.21. The molecule has 0 bridgehead atoms. The van der Waals surface area contributed by atoms with Gasteiger partial charge in [0.1, 0.15) is 0 Å². The van der Waals surface area contributed by atoms with Crippen LogP contribution in [0, 0.1) is 13.8 Å². The standard InChI is InChI=1S/C21H20N4O/c1-14-11-15(2)13-17(12-14)22-20-8-7-18(23-24-20)21(26)25-10-9-16-5-3-4-6-19(16)25/h3-8,11-13H,9-10H2,1-2H3,(H,22,24). The highest BCUT2D eigenvalue weighted by atomic mass is 16.2. The Bertz CT molecular complexity index is 946. The molecule has 0 atom stereocenters. The van der Waals surface area contributed by atoms with Crippen molar-refractivity contribution in [1.29, 1.82) is 0 Å². The van der Waals surface area contributed by atoms with Crippen LogP contribution in [0.15, 0.2) is 54.6 Å². The first-order chi connectivity index (χ1) is 12.6. The summed E-state index contributed by atoms with van der Waals surface area (Å²) in [4.78, 5) is 14.5. The monoisotopic (exact) mass is 344 g/mol. The van der Waals surface area contributed by atoms with E-state index in [4.69, 9.17) is 0 Å². The van der Waals surface area contributed by atoms with Gasteiger partial charge in [0.2, 0.25) is 0 Å². The number of hydrogen-bond acceptors (Lipinski definition) is 4. The normalized spacial score (nSPS) is 12.8. The maximum atomic E-state index is 12.8. The quantitative estimate of drug-likeness (QED) is 0.779. The first kappa shape index (κ1) is 16.3. The number of aromatic nitrogens is 2. The highest BCUT2D eigenvalue weighted by Crippen LogP contribution is 2.28. The smallest absolute Gasteiger partial charge is 0.278 e. The molecular weight excluding hydrogens is 324 g/mol. The zero-order valence-electron chi connectivity index (χ0n) is 14.9. The average Bonchev–Trinajstić information content (AvgIpc) is 3.05. The van der Waals surface area contributed by atoms with Gasteiger partial charge < -0.3 is 10.2 Å². The molecule has 2 heterocycles. The second-order valence-electron chi connectivity index (χ2n) is 6.64. The van der Waals surface area contributed by atoms with Gasteiger partial charge in [-0.1, -0.05) is 24.3 Å². The average molecular weight is 344 g/mol. The fourth-order valence-corrected chi connectivity index (χ4v) is 3.40. The molecule has 26 heavy (non-hydrogen) atoms. The van der Waals surface area contributed by atoms with Gasteiger partial charge in [-0.15, -0.1) is 10.2 Å². The van der Waals surface area contributed by atoms with Crippen LogP contribution in [0.25, 0.3) is 0 Å². The highest BCUT2D eigenvalue weighted by Gasteiger charge is 2.26. The molecule has 0 fully saturated rings. The van der Waals surface area contributed by atoms with Gasteiger partial charge in [-0.2, -0.15) is 0 Å². The Morgan fingerprint density at radius 1 is 1.00 bits per heavy atom. The predicted molar refractivity (Wildman–Crippen MR) is 103 cm³/mol. The summed E-state index contributed by atoms with van der Waals surface area (Å²) in [5.41, 5.74) is 5.84. The Labute approximate surface area is 152 Å². The number of rotatable bonds is 3. The summed E-state index contributed by atoms with van der Waals surface area (Å²) in [6.07, 6.45) is 0.877. The minimum absolute atomic E-state index is 0.111. The first-order valence-electron chi connectivity index (χ1n) is 8.69. The minimum Gasteiger partial charge on any atom is -0.339 e. The van der Waals surface area contributed by atoms with Crippen LogP contribution in [0.3, 0.4) is 0 Å². The summed E-state index contributed by atoms with van der Waals surface area (Å²) in [6.45, 7) is 4.79. The third-order valence-electron chi connectivity index (χ3n) is 4.51. The van der Waals surface area contributed by atoms with Crippen molar-refractivity contribution >= 4 is 23.1 Å². The minimum atomic E-state index is -0.111. The number of carbonyl (C=O) groups is 1. The number of nitrogens with one attached hydrogen (secondary N) is 1. The van der Waals surface area contributed by atoms with E-state index >= 15 is 0 Å². The summed E-state index contributed by atoms with van der Waals surface area (Å²) in [7, 11) is 0. The molecule has 5 nitrogen and oxygen atoms in total. The number of carbonyl (C=O) groups excluding carboxylic acids is 1. The molecule has 4 rings (SSSR count). The zero-order chi connectivity index (χ0) is 18.1. The van der Waals surface area contributed by atoms with Gasteiger partial charge in [0.15, 0.2) is 11.5 Å². The van der Waals surface area contributed by atoms with Crippen molar-refractivity contribution in [3.63, 3.8) is 0 Å². The Morgan fingerprint density at radius 3 is 2.50 bits per heavy atom. The van der Waals surface area contributed by atoms with Gasteiger partial charge in [0.25, 0.3) is 5.91 Å². The van der Waals surface area contributed by atoms with E-state index in [0.717, 1.165) is 17.8 Å². The molecule has 1 amide bonds. The number of aryl methyl sites for hydroxylation is 2. The lowest BCUT2D eigenvalue weighted by Gasteiger charge is -2.16. The van der Waals surface area contributed by atoms with Crippen LogP contribution >= 0.6 is 0 Å². The summed E-state index contributed by atoms with van der Waals surface area (Å²) in [5, 5.41) is 11.5. The van der Waals surface area contributed by atoms with Gasteiger partial charge in [0.05, 0.1) is 0 Å². The Kier molecular flexibility index (Phi) is 4.13. The lowest BCUT2D eigenvalue weighted by molar-refractivity contribution is 0.0983. The summed E-state index contributed by atoms with van der Waals surface area (Å²) in [6, 6.07) is 17.7. The molecule has 2 aromatic carbocycles. The first-order valence-corrected chi connectivity index (χ1v) is 8.69. The van der Waals surface area contributed by atoms with Crippen LogP contribution < -0.4 is 10.2 Å². The number of benzene rings is 2. The number of fused-ring (bicyclic) bond motifs is 1. The van der Waals surface area contributed by atoms with E-state index in [1.807, 2.05) is 18.2 Å². The van der Waals surface area contributed by atoms with Crippen LogP contribution in [0.1, 0.15) is 27.2 Å². The van der Waals surface area contributed by atoms with Crippen LogP contribution in [0.5, 0.6) is 0 Å². The van der Waals surface area contributed by atoms with Gasteiger partial charge >= 0.3 is 0 Å². The molecule has 0 unspecified atom stereocenters. The van der Waals surface area contributed by atoms with E-state index in [1.165, 1.54) is 16.7 Å². The Morgan fingerprint density at radius 2 is 1.77 bits per heavy atom. The number of hydrogen-bond donors (Lipinski definition) is 1. The maximum Gasteiger partial charge on any atom is 0.278 e. The highest BCUT2D eigenvalue weighted by molar-refractivity contribution is 6.06. The van der Waals surface area contributed by atoms with Gasteiger partial charge in [-0.25, -0.2) is 0 Å². The SMILES string of the molecule is Cc1cc(C)cc(Nc2ccc(C(=O)N3CCc4ccccc43)nn2)c1. The van der Waals surface area contributed by atoms with E-state index < -0.39 is 0 Å². The molecule has 1 aliphatic heterocycles. The molecular formula is C21H20N4O. The molecule has 0 aliphatic carbocycles. The van der Waals surface area contributed by atoms with E-state index in [2.05, 4.69) is 53.6 Å². The van der Waals surface area contributed by atoms with E-state index in [-0.39, 0.29) is 5.91 Å². The molecule has 130 valence electrons. The van der Waals surface area contributed by atoms with Crippen LogP contribution in [0.2, 0.25) is 0 Å². The fraction of sp³-hybridized carbons (Fsp3) is 0.190. The van der Waals surface area contributed by atoms with Crippen molar-refractivity contribution in [2.24, 2.45) is 0 Å². The largest absolute Gasteiger partial charge is 0.339 e.